The molecule has 0 aliphatic heterocycles. The fourth-order valence-electron chi connectivity index (χ4n) is 1.40. The summed E-state index contributed by atoms with van der Waals surface area (Å²) in [5, 5.41) is 2.82. The topological polar surface area (TPSA) is 47.2 Å². The maximum absolute atomic E-state index is 11.7. The maximum atomic E-state index is 11.7. The van der Waals surface area contributed by atoms with Crippen molar-refractivity contribution in [2.75, 3.05) is 0 Å². The standard InChI is InChI=1S/C11H11BrN2O2/c1-14-5-2-3-8(14)7-13-11(15)9-4-6-16-10(9)12/h2-6H,7H2,1H3,(H,13,15). The number of carbonyl (C=O) groups excluding carboxylic acids is 1. The van der Waals surface area contributed by atoms with E-state index in [1.165, 1.54) is 6.26 Å². The summed E-state index contributed by atoms with van der Waals surface area (Å²) in [6, 6.07) is 5.53. The summed E-state index contributed by atoms with van der Waals surface area (Å²) >= 11 is 3.17. The molecule has 0 bridgehead atoms. The molecule has 0 saturated carbocycles. The number of carbonyl (C=O) groups is 1. The molecule has 0 aliphatic carbocycles. The average Bonchev–Trinajstić information content (AvgIpc) is 2.84. The molecule has 0 atom stereocenters. The molecule has 0 radical (unpaired) electrons. The molecule has 1 amide bonds. The lowest BCUT2D eigenvalue weighted by Crippen LogP contribution is -2.23. The molecule has 0 unspecified atom stereocenters. The second kappa shape index (κ2) is 4.57. The van der Waals surface area contributed by atoms with E-state index in [0.717, 1.165) is 5.69 Å². The van der Waals surface area contributed by atoms with Crippen LogP contribution in [0.15, 0.2) is 39.7 Å². The highest BCUT2D eigenvalue weighted by atomic mass is 79.9. The van der Waals surface area contributed by atoms with E-state index >= 15 is 0 Å². The molecule has 0 saturated heterocycles. The number of nitrogens with zero attached hydrogens (tertiary/aromatic N) is 1. The molecule has 2 aromatic heterocycles. The largest absolute Gasteiger partial charge is 0.457 e. The molecule has 2 rings (SSSR count). The molecule has 2 aromatic rings. The first-order valence-electron chi connectivity index (χ1n) is 4.80. The van der Waals surface area contributed by atoms with Crippen LogP contribution < -0.4 is 5.32 Å². The van der Waals surface area contributed by atoms with Gasteiger partial charge < -0.3 is 14.3 Å². The van der Waals surface area contributed by atoms with Crippen LogP contribution in [0.1, 0.15) is 16.1 Å². The van der Waals surface area contributed by atoms with Crippen molar-refractivity contribution in [2.45, 2.75) is 6.54 Å². The highest BCUT2D eigenvalue weighted by molar-refractivity contribution is 9.10. The van der Waals surface area contributed by atoms with Crippen molar-refractivity contribution in [3.8, 4) is 0 Å². The van der Waals surface area contributed by atoms with Gasteiger partial charge in [0.15, 0.2) is 4.67 Å². The molecule has 1 N–H and O–H groups in total. The van der Waals surface area contributed by atoms with E-state index in [1.807, 2.05) is 29.9 Å². The highest BCUT2D eigenvalue weighted by Crippen LogP contribution is 2.17. The Balaban J connectivity index is 1.99. The van der Waals surface area contributed by atoms with Crippen molar-refractivity contribution in [1.82, 2.24) is 9.88 Å². The number of furan rings is 1. The minimum absolute atomic E-state index is 0.151. The van der Waals surface area contributed by atoms with Crippen LogP contribution >= 0.6 is 15.9 Å². The van der Waals surface area contributed by atoms with Gasteiger partial charge in [0.25, 0.3) is 5.91 Å². The van der Waals surface area contributed by atoms with Crippen molar-refractivity contribution in [2.24, 2.45) is 7.05 Å². The Morgan fingerprint density at radius 3 is 2.94 bits per heavy atom. The third kappa shape index (κ3) is 2.19. The van der Waals surface area contributed by atoms with Gasteiger partial charge in [-0.15, -0.1) is 0 Å². The molecule has 84 valence electrons. The Kier molecular flexibility index (Phi) is 3.14. The molecule has 16 heavy (non-hydrogen) atoms. The van der Waals surface area contributed by atoms with Gasteiger partial charge in [0.2, 0.25) is 0 Å². The van der Waals surface area contributed by atoms with Gasteiger partial charge in [-0.05, 0) is 34.1 Å². The molecule has 5 heteroatoms. The molecule has 0 aliphatic rings. The van der Waals surface area contributed by atoms with Crippen LogP contribution in [-0.4, -0.2) is 10.5 Å². The van der Waals surface area contributed by atoms with Crippen LogP contribution in [0.3, 0.4) is 0 Å². The van der Waals surface area contributed by atoms with E-state index in [9.17, 15) is 4.79 Å². The Morgan fingerprint density at radius 2 is 2.38 bits per heavy atom. The number of halogens is 1. The van der Waals surface area contributed by atoms with Gasteiger partial charge in [0.1, 0.15) is 0 Å². The Bertz CT molecular complexity index is 502. The molecule has 0 spiro atoms. The summed E-state index contributed by atoms with van der Waals surface area (Å²) in [5.41, 5.74) is 1.56. The first-order valence-corrected chi connectivity index (χ1v) is 5.59. The number of hydrogen-bond donors (Lipinski definition) is 1. The van der Waals surface area contributed by atoms with Gasteiger partial charge in [0, 0.05) is 18.9 Å². The normalized spacial score (nSPS) is 10.4. The van der Waals surface area contributed by atoms with Crippen molar-refractivity contribution in [3.05, 3.63) is 46.6 Å². The predicted molar refractivity (Wildman–Crippen MR) is 63.0 cm³/mol. The number of amides is 1. The maximum Gasteiger partial charge on any atom is 0.256 e. The predicted octanol–water partition coefficient (Wildman–Crippen LogP) is 2.31. The second-order valence-electron chi connectivity index (χ2n) is 3.40. The molecule has 4 nitrogen and oxygen atoms in total. The highest BCUT2D eigenvalue weighted by Gasteiger charge is 2.12. The zero-order valence-corrected chi connectivity index (χ0v) is 10.3. The number of hydrogen-bond acceptors (Lipinski definition) is 2. The number of nitrogens with one attached hydrogen (secondary N) is 1. The van der Waals surface area contributed by atoms with E-state index in [2.05, 4.69) is 21.2 Å². The summed E-state index contributed by atoms with van der Waals surface area (Å²) in [5.74, 6) is -0.151. The molecular formula is C11H11BrN2O2. The van der Waals surface area contributed by atoms with Gasteiger partial charge in [-0.1, -0.05) is 0 Å². The van der Waals surface area contributed by atoms with E-state index in [1.54, 1.807) is 6.07 Å². The number of rotatable bonds is 3. The third-order valence-corrected chi connectivity index (χ3v) is 2.96. The van der Waals surface area contributed by atoms with Crippen LogP contribution in [0.25, 0.3) is 0 Å². The third-order valence-electron chi connectivity index (χ3n) is 2.34. The number of aryl methyl sites for hydroxylation is 1. The van der Waals surface area contributed by atoms with Crippen molar-refractivity contribution < 1.29 is 9.21 Å². The Morgan fingerprint density at radius 1 is 1.56 bits per heavy atom. The lowest BCUT2D eigenvalue weighted by molar-refractivity contribution is 0.0948. The SMILES string of the molecule is Cn1cccc1CNC(=O)c1ccoc1Br. The minimum atomic E-state index is -0.151. The van der Waals surface area contributed by atoms with Crippen LogP contribution in [0.5, 0.6) is 0 Å². The van der Waals surface area contributed by atoms with Crippen molar-refractivity contribution >= 4 is 21.8 Å². The second-order valence-corrected chi connectivity index (χ2v) is 4.12. The Hall–Kier alpha value is -1.49. The first-order chi connectivity index (χ1) is 7.68. The van der Waals surface area contributed by atoms with Crippen LogP contribution in [0, 0.1) is 0 Å². The quantitative estimate of drug-likeness (QED) is 0.939. The lowest BCUT2D eigenvalue weighted by Gasteiger charge is -2.05. The summed E-state index contributed by atoms with van der Waals surface area (Å²) in [6.07, 6.45) is 3.41. The van der Waals surface area contributed by atoms with Crippen LogP contribution in [0.4, 0.5) is 0 Å². The van der Waals surface area contributed by atoms with E-state index in [0.29, 0.717) is 16.8 Å². The van der Waals surface area contributed by atoms with E-state index in [4.69, 9.17) is 4.42 Å². The summed E-state index contributed by atoms with van der Waals surface area (Å²) in [7, 11) is 1.94. The molecular weight excluding hydrogens is 272 g/mol. The lowest BCUT2D eigenvalue weighted by atomic mass is 10.3. The number of aromatic nitrogens is 1. The average molecular weight is 283 g/mol. The smallest absolute Gasteiger partial charge is 0.256 e. The van der Waals surface area contributed by atoms with Gasteiger partial charge in [-0.2, -0.15) is 0 Å². The zero-order chi connectivity index (χ0) is 11.5. The van der Waals surface area contributed by atoms with Crippen LogP contribution in [-0.2, 0) is 13.6 Å². The van der Waals surface area contributed by atoms with Crippen molar-refractivity contribution in [3.63, 3.8) is 0 Å². The molecule has 2 heterocycles. The van der Waals surface area contributed by atoms with Gasteiger partial charge in [0.05, 0.1) is 18.4 Å². The van der Waals surface area contributed by atoms with Gasteiger partial charge in [-0.3, -0.25) is 4.79 Å². The van der Waals surface area contributed by atoms with Crippen molar-refractivity contribution in [1.29, 1.82) is 0 Å². The zero-order valence-electron chi connectivity index (χ0n) is 8.74. The fraction of sp³-hybridized carbons (Fsp3) is 0.182. The summed E-state index contributed by atoms with van der Waals surface area (Å²) < 4.78 is 7.42. The van der Waals surface area contributed by atoms with Gasteiger partial charge >= 0.3 is 0 Å². The monoisotopic (exact) mass is 282 g/mol. The Labute approximate surface area is 101 Å². The first kappa shape index (κ1) is 11.0. The minimum Gasteiger partial charge on any atom is -0.457 e. The molecule has 0 aromatic carbocycles. The van der Waals surface area contributed by atoms with E-state index in [-0.39, 0.29) is 5.91 Å². The van der Waals surface area contributed by atoms with Crippen LogP contribution in [0.2, 0.25) is 0 Å². The molecule has 0 fully saturated rings. The summed E-state index contributed by atoms with van der Waals surface area (Å²) in [4.78, 5) is 11.7. The van der Waals surface area contributed by atoms with Gasteiger partial charge in [-0.25, -0.2) is 0 Å². The van der Waals surface area contributed by atoms with E-state index < -0.39 is 0 Å². The fourth-order valence-corrected chi connectivity index (χ4v) is 1.82. The summed E-state index contributed by atoms with van der Waals surface area (Å²) in [6.45, 7) is 0.500.